The first kappa shape index (κ1) is 27.6. The molecule has 0 spiro atoms. The molecule has 6 nitrogen and oxygen atoms in total. The molecule has 0 bridgehead atoms. The van der Waals surface area contributed by atoms with Gasteiger partial charge in [0.2, 0.25) is 0 Å². The molecule has 1 amide bonds. The molecule has 2 aliphatic rings. The number of alkyl halides is 3. The summed E-state index contributed by atoms with van der Waals surface area (Å²) in [7, 11) is 0. The van der Waals surface area contributed by atoms with Crippen molar-refractivity contribution >= 4 is 5.91 Å². The first-order chi connectivity index (χ1) is 17.4. The number of fused-ring (bicyclic) bond motifs is 1. The van der Waals surface area contributed by atoms with E-state index in [1.165, 1.54) is 6.07 Å². The lowest BCUT2D eigenvalue weighted by Gasteiger charge is -2.43. The fraction of sp³-hybridized carbons (Fsp3) is 0.536. The Balaban J connectivity index is 1.60. The summed E-state index contributed by atoms with van der Waals surface area (Å²) in [5.41, 5.74) is -0.735. The summed E-state index contributed by atoms with van der Waals surface area (Å²) in [4.78, 5) is 13.6. The van der Waals surface area contributed by atoms with Crippen LogP contribution in [0.25, 0.3) is 0 Å². The highest BCUT2D eigenvalue weighted by Gasteiger charge is 2.58. The van der Waals surface area contributed by atoms with Crippen LogP contribution >= 0.6 is 0 Å². The van der Waals surface area contributed by atoms with Crippen molar-refractivity contribution in [3.05, 3.63) is 71.3 Å². The molecule has 9 heteroatoms. The van der Waals surface area contributed by atoms with Crippen molar-refractivity contribution < 1.29 is 36.9 Å². The van der Waals surface area contributed by atoms with Crippen LogP contribution in [0.4, 0.5) is 13.2 Å². The van der Waals surface area contributed by atoms with E-state index in [1.807, 2.05) is 44.2 Å². The van der Waals surface area contributed by atoms with E-state index in [-0.39, 0.29) is 38.0 Å². The van der Waals surface area contributed by atoms with Crippen molar-refractivity contribution in [1.82, 2.24) is 5.32 Å². The predicted octanol–water partition coefficient (Wildman–Crippen LogP) is 5.38. The highest BCUT2D eigenvalue weighted by Crippen LogP contribution is 2.44. The van der Waals surface area contributed by atoms with Crippen molar-refractivity contribution in [1.29, 1.82) is 0 Å². The van der Waals surface area contributed by atoms with Gasteiger partial charge in [-0.15, -0.1) is 0 Å². The summed E-state index contributed by atoms with van der Waals surface area (Å²) in [6.45, 7) is 7.44. The van der Waals surface area contributed by atoms with Crippen LogP contribution in [0.1, 0.15) is 57.2 Å². The van der Waals surface area contributed by atoms with Crippen LogP contribution in [0.3, 0.4) is 0 Å². The minimum atomic E-state index is -4.45. The Labute approximate surface area is 215 Å². The monoisotopic (exact) mass is 521 g/mol. The molecule has 0 aromatic heterocycles. The molecule has 2 fully saturated rings. The van der Waals surface area contributed by atoms with Gasteiger partial charge in [0, 0.05) is 18.9 Å². The van der Waals surface area contributed by atoms with E-state index in [2.05, 4.69) is 5.32 Å². The molecule has 1 aliphatic carbocycles. The standard InChI is InChI=1S/C28H34F3NO5/c1-18(2)32-25(33)27(35-17-19-9-6-5-7-10-19)14-22(24-23(15-27)36-26(3,4)37-24)34-16-20-11-8-12-21(13-20)28(29,30)31/h5-13,18,22-24H,14-17H2,1-4H3,(H,32,33)/t22?,23-,24+,27-/m1/s1. The molecule has 1 saturated heterocycles. The average molecular weight is 522 g/mol. The van der Waals surface area contributed by atoms with E-state index in [4.69, 9.17) is 18.9 Å². The van der Waals surface area contributed by atoms with Gasteiger partial charge in [0.05, 0.1) is 31.0 Å². The van der Waals surface area contributed by atoms with Gasteiger partial charge in [0.1, 0.15) is 6.10 Å². The first-order valence-corrected chi connectivity index (χ1v) is 12.5. The Morgan fingerprint density at radius 1 is 1.03 bits per heavy atom. The number of halogens is 3. The number of rotatable bonds is 8. The number of carbonyl (C=O) groups excluding carboxylic acids is 1. The highest BCUT2D eigenvalue weighted by atomic mass is 19.4. The number of hydrogen-bond donors (Lipinski definition) is 1. The number of carbonyl (C=O) groups is 1. The maximum atomic E-state index is 13.6. The summed E-state index contributed by atoms with van der Waals surface area (Å²) in [5.74, 6) is -1.19. The van der Waals surface area contributed by atoms with Crippen LogP contribution in [0.15, 0.2) is 54.6 Å². The highest BCUT2D eigenvalue weighted by molar-refractivity contribution is 5.85. The van der Waals surface area contributed by atoms with Crippen molar-refractivity contribution in [3.63, 3.8) is 0 Å². The summed E-state index contributed by atoms with van der Waals surface area (Å²) in [5, 5.41) is 2.97. The molecule has 37 heavy (non-hydrogen) atoms. The maximum Gasteiger partial charge on any atom is 0.416 e. The van der Waals surface area contributed by atoms with E-state index in [0.717, 1.165) is 17.7 Å². The van der Waals surface area contributed by atoms with Crippen molar-refractivity contribution in [2.45, 2.75) is 95.7 Å². The van der Waals surface area contributed by atoms with E-state index < -0.39 is 41.4 Å². The molecular formula is C28H34F3NO5. The zero-order valence-corrected chi connectivity index (χ0v) is 21.5. The number of ether oxygens (including phenoxy) is 4. The third-order valence-electron chi connectivity index (χ3n) is 6.56. The van der Waals surface area contributed by atoms with E-state index in [0.29, 0.717) is 5.56 Å². The predicted molar refractivity (Wildman–Crippen MR) is 130 cm³/mol. The smallest absolute Gasteiger partial charge is 0.371 e. The summed E-state index contributed by atoms with van der Waals surface area (Å²) in [6.07, 6.45) is -5.67. The van der Waals surface area contributed by atoms with Gasteiger partial charge in [0.15, 0.2) is 11.4 Å². The van der Waals surface area contributed by atoms with Crippen LogP contribution in [-0.2, 0) is 43.1 Å². The molecule has 202 valence electrons. The molecule has 4 rings (SSSR count). The average Bonchev–Trinajstić information content (AvgIpc) is 3.14. The summed E-state index contributed by atoms with van der Waals surface area (Å²) in [6, 6.07) is 14.4. The van der Waals surface area contributed by atoms with Gasteiger partial charge >= 0.3 is 6.18 Å². The first-order valence-electron chi connectivity index (χ1n) is 12.5. The normalized spacial score (nSPS) is 27.2. The van der Waals surface area contributed by atoms with Gasteiger partial charge in [-0.1, -0.05) is 42.5 Å². The van der Waals surface area contributed by atoms with Crippen LogP contribution in [0.2, 0.25) is 0 Å². The summed E-state index contributed by atoms with van der Waals surface area (Å²) < 4.78 is 64.4. The van der Waals surface area contributed by atoms with E-state index in [9.17, 15) is 18.0 Å². The van der Waals surface area contributed by atoms with Gasteiger partial charge < -0.3 is 24.3 Å². The number of benzene rings is 2. The Morgan fingerprint density at radius 3 is 2.41 bits per heavy atom. The topological polar surface area (TPSA) is 66.0 Å². The van der Waals surface area contributed by atoms with Gasteiger partial charge in [0.25, 0.3) is 5.91 Å². The third kappa shape index (κ3) is 6.71. The molecular weight excluding hydrogens is 487 g/mol. The van der Waals surface area contributed by atoms with Crippen LogP contribution in [-0.4, -0.2) is 41.6 Å². The van der Waals surface area contributed by atoms with Gasteiger partial charge in [-0.25, -0.2) is 0 Å². The largest absolute Gasteiger partial charge is 0.416 e. The molecule has 0 radical (unpaired) electrons. The Kier molecular flexibility index (Phi) is 7.99. The molecule has 1 N–H and O–H groups in total. The zero-order chi connectivity index (χ0) is 26.8. The number of nitrogens with one attached hydrogen (secondary N) is 1. The third-order valence-corrected chi connectivity index (χ3v) is 6.56. The Morgan fingerprint density at radius 2 is 1.73 bits per heavy atom. The summed E-state index contributed by atoms with van der Waals surface area (Å²) >= 11 is 0. The second-order valence-electron chi connectivity index (χ2n) is 10.5. The number of hydrogen-bond acceptors (Lipinski definition) is 5. The maximum absolute atomic E-state index is 13.6. The fourth-order valence-electron chi connectivity index (χ4n) is 4.94. The van der Waals surface area contributed by atoms with Crippen LogP contribution in [0, 0.1) is 0 Å². The Hall–Kier alpha value is -2.46. The molecule has 1 heterocycles. The lowest BCUT2D eigenvalue weighted by molar-refractivity contribution is -0.183. The lowest BCUT2D eigenvalue weighted by atomic mass is 9.78. The minimum absolute atomic E-state index is 0.0812. The van der Waals surface area contributed by atoms with Crippen LogP contribution < -0.4 is 5.32 Å². The Bertz CT molecular complexity index is 1070. The molecule has 1 unspecified atom stereocenters. The van der Waals surface area contributed by atoms with Crippen molar-refractivity contribution in [2.24, 2.45) is 0 Å². The SMILES string of the molecule is CC(C)NC(=O)[C@@]1(OCc2ccccc2)CC(OCc2cccc(C(F)(F)F)c2)[C@@H]2OC(C)(C)O[C@@H]2C1. The minimum Gasteiger partial charge on any atom is -0.371 e. The quantitative estimate of drug-likeness (QED) is 0.505. The molecule has 1 saturated carbocycles. The lowest BCUT2D eigenvalue weighted by Crippen LogP contribution is -2.60. The van der Waals surface area contributed by atoms with Gasteiger partial charge in [-0.3, -0.25) is 4.79 Å². The van der Waals surface area contributed by atoms with Crippen molar-refractivity contribution in [3.8, 4) is 0 Å². The molecule has 2 aromatic rings. The van der Waals surface area contributed by atoms with Crippen molar-refractivity contribution in [2.75, 3.05) is 0 Å². The molecule has 2 aromatic carbocycles. The molecule has 1 aliphatic heterocycles. The zero-order valence-electron chi connectivity index (χ0n) is 21.5. The van der Waals surface area contributed by atoms with E-state index in [1.54, 1.807) is 19.9 Å². The second kappa shape index (κ2) is 10.7. The fourth-order valence-corrected chi connectivity index (χ4v) is 4.94. The van der Waals surface area contributed by atoms with E-state index >= 15 is 0 Å². The second-order valence-corrected chi connectivity index (χ2v) is 10.5. The number of amides is 1. The van der Waals surface area contributed by atoms with Crippen LogP contribution in [0.5, 0.6) is 0 Å². The molecule has 4 atom stereocenters. The van der Waals surface area contributed by atoms with Gasteiger partial charge in [-0.2, -0.15) is 13.2 Å². The van der Waals surface area contributed by atoms with Gasteiger partial charge in [-0.05, 0) is 51.0 Å².